The van der Waals surface area contributed by atoms with E-state index in [1.54, 1.807) is 12.1 Å². The number of carbonyl (C=O) groups is 1. The molecular weight excluding hydrogens is 222 g/mol. The summed E-state index contributed by atoms with van der Waals surface area (Å²) < 4.78 is 0.851. The summed E-state index contributed by atoms with van der Waals surface area (Å²) in [6.45, 7) is 1.87. The van der Waals surface area contributed by atoms with E-state index in [1.807, 2.05) is 6.92 Å². The molecule has 0 atom stereocenters. The van der Waals surface area contributed by atoms with E-state index in [-0.39, 0.29) is 10.6 Å². The number of fused-ring (bicyclic) bond motifs is 1. The molecule has 0 bridgehead atoms. The van der Waals surface area contributed by atoms with Gasteiger partial charge in [0.1, 0.15) is 0 Å². The summed E-state index contributed by atoms with van der Waals surface area (Å²) in [4.78, 5) is 15.0. The number of hydrogen-bond acceptors (Lipinski definition) is 3. The van der Waals surface area contributed by atoms with Crippen molar-refractivity contribution in [3.63, 3.8) is 0 Å². The second-order valence-corrected chi connectivity index (χ2v) is 4.48. The van der Waals surface area contributed by atoms with Crippen LogP contribution in [0.25, 0.3) is 10.2 Å². The van der Waals surface area contributed by atoms with Crippen LogP contribution in [-0.4, -0.2) is 16.1 Å². The third-order valence-corrected chi connectivity index (χ3v) is 3.06. The number of carboxylic acid groups (broad SMARTS) is 1. The van der Waals surface area contributed by atoms with Gasteiger partial charge in [0.2, 0.25) is 0 Å². The summed E-state index contributed by atoms with van der Waals surface area (Å²) >= 11 is 7.25. The molecule has 2 rings (SSSR count). The maximum absolute atomic E-state index is 10.8. The fourth-order valence-electron chi connectivity index (χ4n) is 1.23. The van der Waals surface area contributed by atoms with Gasteiger partial charge in [-0.2, -0.15) is 0 Å². The Bertz CT molecular complexity index is 521. The number of benzene rings is 1. The smallest absolute Gasteiger partial charge is 0.337 e. The molecule has 0 amide bonds. The molecule has 1 aromatic carbocycles. The number of halogens is 1. The largest absolute Gasteiger partial charge is 0.478 e. The molecule has 2 aromatic rings. The van der Waals surface area contributed by atoms with E-state index in [4.69, 9.17) is 16.7 Å². The average molecular weight is 228 g/mol. The number of carboxylic acids is 1. The normalized spacial score (nSPS) is 10.7. The highest BCUT2D eigenvalue weighted by Gasteiger charge is 2.11. The SMILES string of the molecule is Cc1nc2cc(Cl)c(C(=O)O)cc2s1. The van der Waals surface area contributed by atoms with Crippen molar-refractivity contribution in [2.45, 2.75) is 6.92 Å². The number of aryl methyl sites for hydroxylation is 1. The highest BCUT2D eigenvalue weighted by atomic mass is 35.5. The first-order valence-corrected chi connectivity index (χ1v) is 5.07. The van der Waals surface area contributed by atoms with Gasteiger partial charge in [-0.3, -0.25) is 0 Å². The van der Waals surface area contributed by atoms with Crippen LogP contribution in [-0.2, 0) is 0 Å². The minimum atomic E-state index is -1.01. The second kappa shape index (κ2) is 3.22. The number of aromatic nitrogens is 1. The van der Waals surface area contributed by atoms with E-state index in [9.17, 15) is 4.79 Å². The van der Waals surface area contributed by atoms with E-state index >= 15 is 0 Å². The minimum absolute atomic E-state index is 0.128. The van der Waals surface area contributed by atoms with Crippen LogP contribution in [0, 0.1) is 6.92 Å². The summed E-state index contributed by atoms with van der Waals surface area (Å²) in [5.74, 6) is -1.01. The third-order valence-electron chi connectivity index (χ3n) is 1.81. The molecule has 0 aliphatic rings. The van der Waals surface area contributed by atoms with E-state index in [1.165, 1.54) is 11.3 Å². The Morgan fingerprint density at radius 2 is 2.29 bits per heavy atom. The highest BCUT2D eigenvalue weighted by Crippen LogP contribution is 2.27. The quantitative estimate of drug-likeness (QED) is 0.815. The van der Waals surface area contributed by atoms with Crippen LogP contribution in [0.15, 0.2) is 12.1 Å². The lowest BCUT2D eigenvalue weighted by molar-refractivity contribution is 0.0697. The molecule has 0 spiro atoms. The number of aromatic carboxylic acids is 1. The first kappa shape index (κ1) is 9.43. The van der Waals surface area contributed by atoms with Gasteiger partial charge in [0.25, 0.3) is 0 Å². The van der Waals surface area contributed by atoms with Gasteiger partial charge in [0.15, 0.2) is 0 Å². The standard InChI is InChI=1S/C9H6ClNO2S/c1-4-11-7-3-6(10)5(9(12)13)2-8(7)14-4/h2-3H,1H3,(H,12,13). The van der Waals surface area contributed by atoms with Crippen LogP contribution < -0.4 is 0 Å². The first-order chi connectivity index (χ1) is 6.58. The molecule has 0 saturated carbocycles. The van der Waals surface area contributed by atoms with Gasteiger partial charge in [-0.05, 0) is 19.1 Å². The minimum Gasteiger partial charge on any atom is -0.478 e. The van der Waals surface area contributed by atoms with Crippen LogP contribution in [0.5, 0.6) is 0 Å². The Labute approximate surface area is 89.0 Å². The molecule has 0 fully saturated rings. The summed E-state index contributed by atoms with van der Waals surface area (Å²) in [6.07, 6.45) is 0. The number of thiazole rings is 1. The molecule has 0 aliphatic carbocycles. The van der Waals surface area contributed by atoms with Crippen LogP contribution in [0.2, 0.25) is 5.02 Å². The van der Waals surface area contributed by atoms with Crippen molar-refractivity contribution in [1.82, 2.24) is 4.98 Å². The third kappa shape index (κ3) is 1.47. The van der Waals surface area contributed by atoms with Crippen LogP contribution in [0.3, 0.4) is 0 Å². The molecule has 0 aliphatic heterocycles. The van der Waals surface area contributed by atoms with E-state index in [2.05, 4.69) is 4.98 Å². The lowest BCUT2D eigenvalue weighted by Gasteiger charge is -1.97. The Morgan fingerprint density at radius 3 is 2.93 bits per heavy atom. The molecule has 1 aromatic heterocycles. The van der Waals surface area contributed by atoms with Gasteiger partial charge in [0.05, 0.1) is 25.8 Å². The average Bonchev–Trinajstić information content (AvgIpc) is 2.42. The van der Waals surface area contributed by atoms with E-state index < -0.39 is 5.97 Å². The fourth-order valence-corrected chi connectivity index (χ4v) is 2.31. The molecule has 1 N–H and O–H groups in total. The van der Waals surface area contributed by atoms with Gasteiger partial charge in [-0.1, -0.05) is 11.6 Å². The molecule has 0 radical (unpaired) electrons. The molecular formula is C9H6ClNO2S. The predicted octanol–water partition coefficient (Wildman–Crippen LogP) is 2.96. The highest BCUT2D eigenvalue weighted by molar-refractivity contribution is 7.18. The van der Waals surface area contributed by atoms with Crippen molar-refractivity contribution in [1.29, 1.82) is 0 Å². The second-order valence-electron chi connectivity index (χ2n) is 2.84. The molecule has 0 saturated heterocycles. The van der Waals surface area contributed by atoms with Crippen LogP contribution in [0.1, 0.15) is 15.4 Å². The number of nitrogens with zero attached hydrogens (tertiary/aromatic N) is 1. The van der Waals surface area contributed by atoms with Crippen LogP contribution >= 0.6 is 22.9 Å². The van der Waals surface area contributed by atoms with E-state index in [0.717, 1.165) is 15.2 Å². The zero-order valence-corrected chi connectivity index (χ0v) is 8.82. The summed E-state index contributed by atoms with van der Waals surface area (Å²) in [7, 11) is 0. The van der Waals surface area contributed by atoms with Crippen molar-refractivity contribution in [3.05, 3.63) is 27.7 Å². The monoisotopic (exact) mass is 227 g/mol. The Hall–Kier alpha value is -1.13. The van der Waals surface area contributed by atoms with Gasteiger partial charge in [-0.15, -0.1) is 11.3 Å². The van der Waals surface area contributed by atoms with Gasteiger partial charge >= 0.3 is 5.97 Å². The topological polar surface area (TPSA) is 50.2 Å². The van der Waals surface area contributed by atoms with E-state index in [0.29, 0.717) is 0 Å². The lowest BCUT2D eigenvalue weighted by Crippen LogP contribution is -1.96. The Morgan fingerprint density at radius 1 is 1.57 bits per heavy atom. The van der Waals surface area contributed by atoms with Crippen molar-refractivity contribution in [3.8, 4) is 0 Å². The summed E-state index contributed by atoms with van der Waals surface area (Å²) in [6, 6.07) is 3.15. The molecule has 0 unspecified atom stereocenters. The summed E-state index contributed by atoms with van der Waals surface area (Å²) in [5.41, 5.74) is 0.880. The van der Waals surface area contributed by atoms with Crippen molar-refractivity contribution in [2.24, 2.45) is 0 Å². The maximum atomic E-state index is 10.8. The van der Waals surface area contributed by atoms with Crippen LogP contribution in [0.4, 0.5) is 0 Å². The number of hydrogen-bond donors (Lipinski definition) is 1. The molecule has 14 heavy (non-hydrogen) atoms. The molecule has 5 heteroatoms. The lowest BCUT2D eigenvalue weighted by atomic mass is 10.2. The first-order valence-electron chi connectivity index (χ1n) is 3.88. The van der Waals surface area contributed by atoms with Gasteiger partial charge in [-0.25, -0.2) is 9.78 Å². The Balaban J connectivity index is 2.76. The molecule has 3 nitrogen and oxygen atoms in total. The summed E-state index contributed by atoms with van der Waals surface area (Å²) in [5, 5.41) is 9.96. The van der Waals surface area contributed by atoms with Crippen molar-refractivity contribution >= 4 is 39.1 Å². The van der Waals surface area contributed by atoms with Gasteiger partial charge < -0.3 is 5.11 Å². The zero-order chi connectivity index (χ0) is 10.3. The zero-order valence-electron chi connectivity index (χ0n) is 7.24. The number of rotatable bonds is 1. The van der Waals surface area contributed by atoms with Crippen molar-refractivity contribution in [2.75, 3.05) is 0 Å². The fraction of sp³-hybridized carbons (Fsp3) is 0.111. The molecule has 72 valence electrons. The van der Waals surface area contributed by atoms with Gasteiger partial charge in [0, 0.05) is 0 Å². The maximum Gasteiger partial charge on any atom is 0.337 e. The predicted molar refractivity (Wildman–Crippen MR) is 56.3 cm³/mol. The van der Waals surface area contributed by atoms with Crippen molar-refractivity contribution < 1.29 is 9.90 Å². The molecule has 1 heterocycles. The Kier molecular flexibility index (Phi) is 2.17.